The fourth-order valence-corrected chi connectivity index (χ4v) is 3.34. The van der Waals surface area contributed by atoms with E-state index in [-0.39, 0.29) is 17.3 Å². The summed E-state index contributed by atoms with van der Waals surface area (Å²) in [6, 6.07) is 14.2. The predicted molar refractivity (Wildman–Crippen MR) is 113 cm³/mol. The van der Waals surface area contributed by atoms with Crippen molar-refractivity contribution < 1.29 is 5.11 Å². The van der Waals surface area contributed by atoms with Gasteiger partial charge in [-0.25, -0.2) is 19.3 Å². The van der Waals surface area contributed by atoms with Gasteiger partial charge in [0.15, 0.2) is 0 Å². The van der Waals surface area contributed by atoms with Crippen LogP contribution in [0.15, 0.2) is 69.3 Å². The second kappa shape index (κ2) is 7.20. The topological polar surface area (TPSA) is 100 Å². The Kier molecular flexibility index (Phi) is 4.56. The van der Waals surface area contributed by atoms with Crippen LogP contribution in [0, 0.1) is 13.8 Å². The maximum atomic E-state index is 13.2. The van der Waals surface area contributed by atoms with Crippen molar-refractivity contribution in [1.82, 2.24) is 14.5 Å². The minimum Gasteiger partial charge on any atom is -0.494 e. The highest BCUT2D eigenvalue weighted by Gasteiger charge is 2.17. The van der Waals surface area contributed by atoms with Gasteiger partial charge in [-0.05, 0) is 37.6 Å². The highest BCUT2D eigenvalue weighted by Crippen LogP contribution is 2.27. The number of aromatic hydroxyl groups is 1. The van der Waals surface area contributed by atoms with Gasteiger partial charge in [0.05, 0.1) is 11.3 Å². The Morgan fingerprint density at radius 2 is 1.83 bits per heavy atom. The number of hydrogen-bond donors (Lipinski definition) is 2. The summed E-state index contributed by atoms with van der Waals surface area (Å²) >= 11 is 0. The van der Waals surface area contributed by atoms with Gasteiger partial charge < -0.3 is 5.11 Å². The van der Waals surface area contributed by atoms with Crippen LogP contribution in [0.4, 0.5) is 5.82 Å². The van der Waals surface area contributed by atoms with Crippen molar-refractivity contribution in [2.75, 3.05) is 0 Å². The van der Waals surface area contributed by atoms with Crippen molar-refractivity contribution in [1.29, 1.82) is 0 Å². The van der Waals surface area contributed by atoms with Gasteiger partial charge in [-0.15, -0.1) is 0 Å². The summed E-state index contributed by atoms with van der Waals surface area (Å²) in [7, 11) is 0. The third-order valence-electron chi connectivity index (χ3n) is 4.69. The van der Waals surface area contributed by atoms with Crippen LogP contribution in [0.2, 0.25) is 0 Å². The number of rotatable bonds is 3. The number of nitrogens with zero attached hydrogens (tertiary/aromatic N) is 3. The number of benzene rings is 2. The molecule has 2 heterocycles. The van der Waals surface area contributed by atoms with E-state index in [1.54, 1.807) is 24.3 Å². The van der Waals surface area contributed by atoms with Crippen LogP contribution < -0.4 is 11.2 Å². The molecule has 0 aliphatic carbocycles. The van der Waals surface area contributed by atoms with Crippen molar-refractivity contribution >= 4 is 22.8 Å². The Bertz CT molecular complexity index is 1380. The second-order valence-electron chi connectivity index (χ2n) is 6.73. The Hall–Kier alpha value is -4.00. The van der Waals surface area contributed by atoms with Gasteiger partial charge in [-0.3, -0.25) is 9.78 Å². The monoisotopic (exact) mass is 386 g/mol. The molecule has 29 heavy (non-hydrogen) atoms. The lowest BCUT2D eigenvalue weighted by molar-refractivity contribution is 0.436. The van der Waals surface area contributed by atoms with Crippen LogP contribution in [-0.2, 0) is 0 Å². The molecule has 2 N–H and O–H groups in total. The third-order valence-corrected chi connectivity index (χ3v) is 4.69. The van der Waals surface area contributed by atoms with Crippen LogP contribution in [0.3, 0.4) is 0 Å². The molecule has 0 saturated carbocycles. The summed E-state index contributed by atoms with van der Waals surface area (Å²) in [5, 5.41) is 12.1. The molecule has 0 unspecified atom stereocenters. The number of aliphatic imine (C=N–C) groups is 1. The smallest absolute Gasteiger partial charge is 0.346 e. The molecule has 0 fully saturated rings. The van der Waals surface area contributed by atoms with Crippen LogP contribution in [0.1, 0.15) is 16.7 Å². The fraction of sp³-hybridized carbons (Fsp3) is 0.0909. The second-order valence-corrected chi connectivity index (χ2v) is 6.73. The summed E-state index contributed by atoms with van der Waals surface area (Å²) in [4.78, 5) is 34.9. The highest BCUT2D eigenvalue weighted by atomic mass is 16.3. The summed E-state index contributed by atoms with van der Waals surface area (Å²) in [6.45, 7) is 3.85. The molecular weight excluding hydrogens is 368 g/mol. The number of H-pyrrole nitrogens is 1. The molecule has 7 heteroatoms. The molecule has 0 bridgehead atoms. The van der Waals surface area contributed by atoms with E-state index in [1.807, 2.05) is 32.0 Å². The first-order valence-corrected chi connectivity index (χ1v) is 8.99. The van der Waals surface area contributed by atoms with E-state index in [0.29, 0.717) is 22.0 Å². The number of hydrogen-bond acceptors (Lipinski definition) is 5. The third kappa shape index (κ3) is 3.34. The van der Waals surface area contributed by atoms with Crippen molar-refractivity contribution in [2.24, 2.45) is 4.99 Å². The van der Waals surface area contributed by atoms with Gasteiger partial charge in [0, 0.05) is 23.2 Å². The minimum atomic E-state index is -0.519. The van der Waals surface area contributed by atoms with E-state index < -0.39 is 5.69 Å². The lowest BCUT2D eigenvalue weighted by Crippen LogP contribution is -2.21. The number of aryl methyl sites for hydroxylation is 2. The molecule has 2 aromatic carbocycles. The van der Waals surface area contributed by atoms with E-state index >= 15 is 0 Å². The van der Waals surface area contributed by atoms with Crippen molar-refractivity contribution in [3.63, 3.8) is 0 Å². The van der Waals surface area contributed by atoms with Crippen molar-refractivity contribution in [3.8, 4) is 11.6 Å². The average Bonchev–Trinajstić information content (AvgIpc) is 2.69. The van der Waals surface area contributed by atoms with Crippen LogP contribution in [0.25, 0.3) is 16.5 Å². The molecule has 0 spiro atoms. The number of aromatic nitrogens is 3. The zero-order valence-electron chi connectivity index (χ0n) is 15.9. The molecule has 0 aliphatic rings. The number of pyridine rings is 1. The van der Waals surface area contributed by atoms with E-state index in [2.05, 4.69) is 15.0 Å². The summed E-state index contributed by atoms with van der Waals surface area (Å²) in [5.41, 5.74) is 2.05. The van der Waals surface area contributed by atoms with Crippen LogP contribution in [0.5, 0.6) is 5.88 Å². The molecule has 0 atom stereocenters. The lowest BCUT2D eigenvalue weighted by atomic mass is 10.1. The minimum absolute atomic E-state index is 0.221. The van der Waals surface area contributed by atoms with Crippen LogP contribution >= 0.6 is 0 Å². The first-order chi connectivity index (χ1) is 14.0. The number of aromatic amines is 1. The van der Waals surface area contributed by atoms with E-state index in [0.717, 1.165) is 11.1 Å². The SMILES string of the molecule is Cc1ccc(-n2c(O)c(C=Nc3ccnc(=O)[nH]3)c3ccccc3c2=O)c(C)c1. The lowest BCUT2D eigenvalue weighted by Gasteiger charge is -2.15. The molecule has 0 amide bonds. The van der Waals surface area contributed by atoms with E-state index in [9.17, 15) is 14.7 Å². The van der Waals surface area contributed by atoms with E-state index in [4.69, 9.17) is 0 Å². The maximum absolute atomic E-state index is 13.2. The van der Waals surface area contributed by atoms with Crippen molar-refractivity contribution in [3.05, 3.63) is 92.3 Å². The Balaban J connectivity index is 2.01. The van der Waals surface area contributed by atoms with Gasteiger partial charge >= 0.3 is 5.69 Å². The molecule has 4 rings (SSSR count). The van der Waals surface area contributed by atoms with Crippen molar-refractivity contribution in [2.45, 2.75) is 13.8 Å². The molecule has 2 aromatic heterocycles. The molecule has 4 aromatic rings. The first-order valence-electron chi connectivity index (χ1n) is 8.99. The van der Waals surface area contributed by atoms with Gasteiger partial charge in [-0.1, -0.05) is 35.9 Å². The summed E-state index contributed by atoms with van der Waals surface area (Å²) in [5.74, 6) is 0.0681. The van der Waals surface area contributed by atoms with Gasteiger partial charge in [0.25, 0.3) is 5.56 Å². The van der Waals surface area contributed by atoms with E-state index in [1.165, 1.54) is 23.0 Å². The molecule has 0 radical (unpaired) electrons. The molecule has 7 nitrogen and oxygen atoms in total. The zero-order valence-corrected chi connectivity index (χ0v) is 15.9. The molecule has 0 saturated heterocycles. The molecular formula is C22H18N4O3. The fourth-order valence-electron chi connectivity index (χ4n) is 3.34. The normalized spacial score (nSPS) is 11.4. The Morgan fingerprint density at radius 1 is 1.07 bits per heavy atom. The zero-order chi connectivity index (χ0) is 20.5. The number of fused-ring (bicyclic) bond motifs is 1. The average molecular weight is 386 g/mol. The standard InChI is InChI=1S/C22H18N4O3/c1-13-7-8-18(14(2)11-13)26-20(27)16-6-4-3-5-15(16)17(21(26)28)12-24-19-9-10-23-22(29)25-19/h3-12,28H,1-2H3,(H,23,25,29). The molecule has 0 aliphatic heterocycles. The molecule has 144 valence electrons. The Morgan fingerprint density at radius 3 is 2.55 bits per heavy atom. The van der Waals surface area contributed by atoms with Gasteiger partial charge in [0.1, 0.15) is 5.82 Å². The van der Waals surface area contributed by atoms with Gasteiger partial charge in [-0.2, -0.15) is 0 Å². The summed E-state index contributed by atoms with van der Waals surface area (Å²) < 4.78 is 1.29. The van der Waals surface area contributed by atoms with Crippen LogP contribution in [-0.4, -0.2) is 25.9 Å². The largest absolute Gasteiger partial charge is 0.494 e. The Labute approximate surface area is 165 Å². The summed E-state index contributed by atoms with van der Waals surface area (Å²) in [6.07, 6.45) is 2.78. The van der Waals surface area contributed by atoms with Gasteiger partial charge in [0.2, 0.25) is 5.88 Å². The quantitative estimate of drug-likeness (QED) is 0.528. The number of nitrogens with one attached hydrogen (secondary N) is 1. The maximum Gasteiger partial charge on any atom is 0.346 e. The first kappa shape index (κ1) is 18.4. The predicted octanol–water partition coefficient (Wildman–Crippen LogP) is 3.15. The highest BCUT2D eigenvalue weighted by molar-refractivity contribution is 6.02.